The molecule has 0 aliphatic heterocycles. The van der Waals surface area contributed by atoms with Gasteiger partial charge in [-0.25, -0.2) is 0 Å². The number of benzene rings is 1. The highest BCUT2D eigenvalue weighted by Crippen LogP contribution is 2.38. The summed E-state index contributed by atoms with van der Waals surface area (Å²) in [5.74, 6) is 2.50. The summed E-state index contributed by atoms with van der Waals surface area (Å²) < 4.78 is 0. The van der Waals surface area contributed by atoms with Gasteiger partial charge in [-0.1, -0.05) is 45.0 Å². The molecule has 1 N–H and O–H groups in total. The molecule has 4 unspecified atom stereocenters. The van der Waals surface area contributed by atoms with Crippen LogP contribution < -0.4 is 5.32 Å². The van der Waals surface area contributed by atoms with Crippen LogP contribution in [0.3, 0.4) is 0 Å². The molecule has 4 atom stereocenters. The summed E-state index contributed by atoms with van der Waals surface area (Å²) >= 11 is 0. The second-order valence-corrected chi connectivity index (χ2v) is 7.44. The summed E-state index contributed by atoms with van der Waals surface area (Å²) in [7, 11) is 0. The summed E-state index contributed by atoms with van der Waals surface area (Å²) in [6.07, 6.45) is 6.76. The van der Waals surface area contributed by atoms with Crippen LogP contribution in [0.2, 0.25) is 0 Å². The molecule has 1 fully saturated rings. The van der Waals surface area contributed by atoms with Gasteiger partial charge in [-0.3, -0.25) is 0 Å². The van der Waals surface area contributed by atoms with E-state index >= 15 is 0 Å². The van der Waals surface area contributed by atoms with Crippen molar-refractivity contribution in [1.82, 2.24) is 5.32 Å². The van der Waals surface area contributed by atoms with Gasteiger partial charge >= 0.3 is 0 Å². The monoisotopic (exact) mass is 271 g/mol. The molecule has 1 saturated carbocycles. The summed E-state index contributed by atoms with van der Waals surface area (Å²) in [6.45, 7) is 7.21. The Morgan fingerprint density at radius 2 is 1.50 bits per heavy atom. The Kier molecular flexibility index (Phi) is 4.16. The fraction of sp³-hybridized carbons (Fsp3) is 0.684. The maximum atomic E-state index is 4.00. The predicted octanol–water partition coefficient (Wildman–Crippen LogP) is 5.04. The van der Waals surface area contributed by atoms with Crippen molar-refractivity contribution in [3.63, 3.8) is 0 Å². The van der Waals surface area contributed by atoms with Gasteiger partial charge in [0.15, 0.2) is 0 Å². The minimum Gasteiger partial charge on any atom is -0.307 e. The first kappa shape index (κ1) is 14.1. The maximum Gasteiger partial charge on any atom is 0.0325 e. The van der Waals surface area contributed by atoms with Gasteiger partial charge in [0.05, 0.1) is 0 Å². The molecule has 20 heavy (non-hydrogen) atoms. The molecule has 0 heterocycles. The standard InChI is InChI=1S/C19H29N/c1-13-10-14(2)12-16(11-13)20-19-9-8-15(3)17-6-4-5-7-18(17)19/h4-7,13-16,19-20H,8-12H2,1-3H3. The van der Waals surface area contributed by atoms with E-state index in [2.05, 4.69) is 50.4 Å². The van der Waals surface area contributed by atoms with E-state index in [9.17, 15) is 0 Å². The molecule has 2 aliphatic carbocycles. The van der Waals surface area contributed by atoms with Crippen LogP contribution >= 0.6 is 0 Å². The summed E-state index contributed by atoms with van der Waals surface area (Å²) in [5, 5.41) is 4.00. The molecule has 1 nitrogen and oxygen atoms in total. The zero-order valence-electron chi connectivity index (χ0n) is 13.2. The Morgan fingerprint density at radius 1 is 0.850 bits per heavy atom. The van der Waals surface area contributed by atoms with Crippen LogP contribution in [0.4, 0.5) is 0 Å². The van der Waals surface area contributed by atoms with Crippen LogP contribution in [0.25, 0.3) is 0 Å². The van der Waals surface area contributed by atoms with Crippen molar-refractivity contribution in [2.24, 2.45) is 11.8 Å². The largest absolute Gasteiger partial charge is 0.307 e. The van der Waals surface area contributed by atoms with E-state index in [0.717, 1.165) is 23.8 Å². The first-order chi connectivity index (χ1) is 9.63. The van der Waals surface area contributed by atoms with E-state index in [0.29, 0.717) is 6.04 Å². The Hall–Kier alpha value is -0.820. The van der Waals surface area contributed by atoms with Crippen molar-refractivity contribution in [3.05, 3.63) is 35.4 Å². The lowest BCUT2D eigenvalue weighted by molar-refractivity contribution is 0.219. The quantitative estimate of drug-likeness (QED) is 0.794. The van der Waals surface area contributed by atoms with E-state index in [1.165, 1.54) is 32.1 Å². The predicted molar refractivity (Wildman–Crippen MR) is 85.9 cm³/mol. The molecule has 0 aromatic heterocycles. The van der Waals surface area contributed by atoms with Gasteiger partial charge in [-0.15, -0.1) is 0 Å². The number of fused-ring (bicyclic) bond motifs is 1. The summed E-state index contributed by atoms with van der Waals surface area (Å²) in [5.41, 5.74) is 3.14. The zero-order valence-corrected chi connectivity index (χ0v) is 13.2. The van der Waals surface area contributed by atoms with E-state index in [-0.39, 0.29) is 0 Å². The Labute approximate surface area is 124 Å². The van der Waals surface area contributed by atoms with Crippen molar-refractivity contribution in [3.8, 4) is 0 Å². The van der Waals surface area contributed by atoms with Crippen LogP contribution in [0.1, 0.15) is 76.0 Å². The van der Waals surface area contributed by atoms with Crippen LogP contribution in [0.15, 0.2) is 24.3 Å². The lowest BCUT2D eigenvalue weighted by Gasteiger charge is -2.37. The van der Waals surface area contributed by atoms with Gasteiger partial charge in [0, 0.05) is 12.1 Å². The second-order valence-electron chi connectivity index (χ2n) is 7.44. The molecule has 1 heteroatoms. The van der Waals surface area contributed by atoms with Crippen molar-refractivity contribution in [2.75, 3.05) is 0 Å². The minimum atomic E-state index is 0.588. The van der Waals surface area contributed by atoms with Gasteiger partial charge in [0.25, 0.3) is 0 Å². The van der Waals surface area contributed by atoms with E-state index < -0.39 is 0 Å². The van der Waals surface area contributed by atoms with Crippen molar-refractivity contribution < 1.29 is 0 Å². The molecule has 0 bridgehead atoms. The Morgan fingerprint density at radius 3 is 2.20 bits per heavy atom. The molecular weight excluding hydrogens is 242 g/mol. The van der Waals surface area contributed by atoms with Crippen LogP contribution in [-0.4, -0.2) is 6.04 Å². The molecule has 3 rings (SSSR count). The highest BCUT2D eigenvalue weighted by atomic mass is 15.0. The fourth-order valence-corrected chi connectivity index (χ4v) is 4.55. The molecule has 110 valence electrons. The van der Waals surface area contributed by atoms with Gasteiger partial charge < -0.3 is 5.32 Å². The Balaban J connectivity index is 1.74. The van der Waals surface area contributed by atoms with Gasteiger partial charge in [0.1, 0.15) is 0 Å². The molecule has 1 aromatic rings. The third kappa shape index (κ3) is 2.93. The first-order valence-corrected chi connectivity index (χ1v) is 8.48. The highest BCUT2D eigenvalue weighted by molar-refractivity contribution is 5.35. The lowest BCUT2D eigenvalue weighted by Crippen LogP contribution is -2.39. The van der Waals surface area contributed by atoms with Crippen LogP contribution in [-0.2, 0) is 0 Å². The summed E-state index contributed by atoms with van der Waals surface area (Å²) in [4.78, 5) is 0. The van der Waals surface area contributed by atoms with Crippen molar-refractivity contribution in [2.45, 2.75) is 70.9 Å². The maximum absolute atomic E-state index is 4.00. The van der Waals surface area contributed by atoms with Gasteiger partial charge in [-0.05, 0) is 61.0 Å². The average Bonchev–Trinajstić information content (AvgIpc) is 2.41. The third-order valence-electron chi connectivity index (χ3n) is 5.41. The fourth-order valence-electron chi connectivity index (χ4n) is 4.55. The van der Waals surface area contributed by atoms with E-state index in [4.69, 9.17) is 0 Å². The Bertz CT molecular complexity index is 443. The molecule has 0 amide bonds. The van der Waals surface area contributed by atoms with Gasteiger partial charge in [-0.2, -0.15) is 0 Å². The van der Waals surface area contributed by atoms with Crippen LogP contribution in [0.5, 0.6) is 0 Å². The van der Waals surface area contributed by atoms with Gasteiger partial charge in [0.2, 0.25) is 0 Å². The molecule has 2 aliphatic rings. The number of hydrogen-bond acceptors (Lipinski definition) is 1. The second kappa shape index (κ2) is 5.89. The number of hydrogen-bond donors (Lipinski definition) is 1. The summed E-state index contributed by atoms with van der Waals surface area (Å²) in [6, 6.07) is 10.4. The van der Waals surface area contributed by atoms with Crippen molar-refractivity contribution in [1.29, 1.82) is 0 Å². The molecule has 0 radical (unpaired) electrons. The van der Waals surface area contributed by atoms with E-state index in [1.807, 2.05) is 0 Å². The highest BCUT2D eigenvalue weighted by Gasteiger charge is 2.29. The SMILES string of the molecule is CC1CC(C)CC(NC2CCC(C)c3ccccc32)C1. The lowest BCUT2D eigenvalue weighted by atomic mass is 9.78. The number of nitrogens with one attached hydrogen (secondary N) is 1. The first-order valence-electron chi connectivity index (χ1n) is 8.48. The minimum absolute atomic E-state index is 0.588. The smallest absolute Gasteiger partial charge is 0.0325 e. The van der Waals surface area contributed by atoms with Crippen LogP contribution in [0, 0.1) is 11.8 Å². The normalized spacial score (nSPS) is 37.5. The molecule has 0 saturated heterocycles. The number of rotatable bonds is 2. The van der Waals surface area contributed by atoms with Crippen molar-refractivity contribution >= 4 is 0 Å². The zero-order chi connectivity index (χ0) is 14.1. The molecular formula is C19H29N. The average molecular weight is 271 g/mol. The van der Waals surface area contributed by atoms with E-state index in [1.54, 1.807) is 11.1 Å². The topological polar surface area (TPSA) is 12.0 Å². The third-order valence-corrected chi connectivity index (χ3v) is 5.41. The molecule has 1 aromatic carbocycles. The molecule has 0 spiro atoms.